The Bertz CT molecular complexity index is 1100. The summed E-state index contributed by atoms with van der Waals surface area (Å²) in [6.45, 7) is 0. The maximum absolute atomic E-state index is 13.4. The Kier molecular flexibility index (Phi) is 4.79. The topological polar surface area (TPSA) is 81.1 Å². The monoisotopic (exact) mass is 420 g/mol. The van der Waals surface area contributed by atoms with E-state index in [9.17, 15) is 23.2 Å². The number of amides is 1. The van der Waals surface area contributed by atoms with Crippen LogP contribution in [0.2, 0.25) is 10.0 Å². The molecular formula is C15H9Cl2F3N4O3. The van der Waals surface area contributed by atoms with Gasteiger partial charge in [-0.3, -0.25) is 4.79 Å². The molecule has 3 heterocycles. The number of alkyl halides is 3. The molecule has 0 unspecified atom stereocenters. The molecule has 7 nitrogen and oxygen atoms in total. The minimum Gasteiger partial charge on any atom is -0.481 e. The van der Waals surface area contributed by atoms with Crippen LogP contribution in [0.5, 0.6) is 5.88 Å². The van der Waals surface area contributed by atoms with E-state index in [1.54, 1.807) is 0 Å². The first-order valence-electron chi connectivity index (χ1n) is 7.12. The number of hydrogen-bond acceptors (Lipinski definition) is 4. The van der Waals surface area contributed by atoms with E-state index in [2.05, 4.69) is 10.1 Å². The van der Waals surface area contributed by atoms with E-state index in [4.69, 9.17) is 27.9 Å². The predicted octanol–water partition coefficient (Wildman–Crippen LogP) is 3.45. The lowest BCUT2D eigenvalue weighted by Crippen LogP contribution is -2.15. The van der Waals surface area contributed by atoms with Crippen molar-refractivity contribution in [3.8, 4) is 5.88 Å². The van der Waals surface area contributed by atoms with Gasteiger partial charge in [0.25, 0.3) is 5.91 Å². The summed E-state index contributed by atoms with van der Waals surface area (Å²) in [5.74, 6) is -1.26. The van der Waals surface area contributed by atoms with Crippen LogP contribution in [-0.4, -0.2) is 32.6 Å². The molecule has 142 valence electrons. The van der Waals surface area contributed by atoms with Crippen molar-refractivity contribution in [1.29, 1.82) is 0 Å². The summed E-state index contributed by atoms with van der Waals surface area (Å²) in [7, 11) is 1.25. The van der Waals surface area contributed by atoms with Crippen molar-refractivity contribution in [3.05, 3.63) is 57.3 Å². The van der Waals surface area contributed by atoms with Crippen molar-refractivity contribution in [1.82, 2.24) is 14.3 Å². The van der Waals surface area contributed by atoms with Crippen LogP contribution in [0.25, 0.3) is 5.52 Å². The van der Waals surface area contributed by atoms with E-state index in [1.165, 1.54) is 25.3 Å². The molecule has 0 aromatic carbocycles. The van der Waals surface area contributed by atoms with Crippen LogP contribution in [0.3, 0.4) is 0 Å². The smallest absolute Gasteiger partial charge is 0.436 e. The standard InChI is InChI=1S/C15H9Cl2F3N4O3/c1-27-10-4-2-3-9-11(13(15(18,19)20)22-24(9)10)14(25)21-12-7(16)5-23(26)6-8(12)17/h2-6,26H,1H3. The second kappa shape index (κ2) is 6.78. The number of nitrogens with zero attached hydrogens (tertiary/aromatic N) is 4. The van der Waals surface area contributed by atoms with Crippen LogP contribution >= 0.6 is 23.2 Å². The zero-order chi connectivity index (χ0) is 19.9. The van der Waals surface area contributed by atoms with Gasteiger partial charge in [-0.15, -0.1) is 0 Å². The maximum atomic E-state index is 13.4. The van der Waals surface area contributed by atoms with Crippen LogP contribution in [0.4, 0.5) is 13.2 Å². The van der Waals surface area contributed by atoms with E-state index in [-0.39, 0.29) is 26.8 Å². The van der Waals surface area contributed by atoms with Crippen molar-refractivity contribution >= 4 is 34.6 Å². The Morgan fingerprint density at radius 1 is 1.26 bits per heavy atom. The molecule has 3 rings (SSSR count). The zero-order valence-electron chi connectivity index (χ0n) is 13.3. The number of pyridine rings is 2. The normalized spacial score (nSPS) is 11.6. The number of hydrogen-bond donors (Lipinski definition) is 1. The van der Waals surface area contributed by atoms with Gasteiger partial charge in [-0.25, -0.2) is 4.99 Å². The van der Waals surface area contributed by atoms with E-state index >= 15 is 0 Å². The first-order chi connectivity index (χ1) is 12.6. The van der Waals surface area contributed by atoms with Crippen LogP contribution in [0.1, 0.15) is 16.1 Å². The zero-order valence-corrected chi connectivity index (χ0v) is 14.8. The summed E-state index contributed by atoms with van der Waals surface area (Å²) in [5.41, 5.74) is -2.37. The predicted molar refractivity (Wildman–Crippen MR) is 88.3 cm³/mol. The van der Waals surface area contributed by atoms with Crippen molar-refractivity contribution in [2.45, 2.75) is 6.18 Å². The Hall–Kier alpha value is -2.72. The van der Waals surface area contributed by atoms with Gasteiger partial charge in [0.05, 0.1) is 35.1 Å². The molecule has 0 fully saturated rings. The lowest BCUT2D eigenvalue weighted by atomic mass is 10.1. The molecule has 12 heteroatoms. The molecule has 0 aliphatic heterocycles. The highest BCUT2D eigenvalue weighted by molar-refractivity contribution is 6.34. The third-order valence-corrected chi connectivity index (χ3v) is 4.02. The summed E-state index contributed by atoms with van der Waals surface area (Å²) in [4.78, 5) is 16.2. The molecule has 0 spiro atoms. The van der Waals surface area contributed by atoms with Crippen LogP contribution < -0.4 is 10.1 Å². The molecule has 0 aliphatic carbocycles. The second-order valence-corrected chi connectivity index (χ2v) is 6.00. The van der Waals surface area contributed by atoms with Gasteiger partial charge in [-0.2, -0.15) is 27.5 Å². The highest BCUT2D eigenvalue weighted by Crippen LogP contribution is 2.34. The lowest BCUT2D eigenvalue weighted by Gasteiger charge is -2.04. The summed E-state index contributed by atoms with van der Waals surface area (Å²) >= 11 is 11.7. The lowest BCUT2D eigenvalue weighted by molar-refractivity contribution is -0.141. The van der Waals surface area contributed by atoms with Gasteiger partial charge in [0, 0.05) is 6.07 Å². The quantitative estimate of drug-likeness (QED) is 0.643. The first kappa shape index (κ1) is 19.1. The number of carbonyl (C=O) groups excluding carboxylic acids is 1. The van der Waals surface area contributed by atoms with Crippen molar-refractivity contribution in [3.63, 3.8) is 0 Å². The van der Waals surface area contributed by atoms with Gasteiger partial charge < -0.3 is 9.94 Å². The fraction of sp³-hybridized carbons (Fsp3) is 0.133. The largest absolute Gasteiger partial charge is 0.481 e. The third-order valence-electron chi connectivity index (χ3n) is 3.47. The van der Waals surface area contributed by atoms with Gasteiger partial charge >= 0.3 is 6.18 Å². The highest BCUT2D eigenvalue weighted by atomic mass is 35.5. The van der Waals surface area contributed by atoms with Gasteiger partial charge in [-0.1, -0.05) is 29.3 Å². The number of methoxy groups -OCH3 is 1. The number of halogens is 5. The van der Waals surface area contributed by atoms with Gasteiger partial charge in [0.15, 0.2) is 5.69 Å². The fourth-order valence-corrected chi connectivity index (χ4v) is 2.92. The molecule has 0 saturated heterocycles. The highest BCUT2D eigenvalue weighted by Gasteiger charge is 2.40. The van der Waals surface area contributed by atoms with E-state index in [0.29, 0.717) is 4.73 Å². The van der Waals surface area contributed by atoms with Crippen LogP contribution in [0, 0.1) is 0 Å². The van der Waals surface area contributed by atoms with Crippen LogP contribution in [0.15, 0.2) is 35.6 Å². The third kappa shape index (κ3) is 3.45. The van der Waals surface area contributed by atoms with E-state index in [1.807, 2.05) is 0 Å². The second-order valence-electron chi connectivity index (χ2n) is 5.19. The van der Waals surface area contributed by atoms with E-state index in [0.717, 1.165) is 16.9 Å². The fourth-order valence-electron chi connectivity index (χ4n) is 2.38. The van der Waals surface area contributed by atoms with Gasteiger partial charge in [-0.05, 0) is 6.07 Å². The molecule has 0 saturated carbocycles. The average molecular weight is 421 g/mol. The molecule has 0 radical (unpaired) electrons. The van der Waals surface area contributed by atoms with Crippen molar-refractivity contribution < 1.29 is 27.9 Å². The molecule has 0 aliphatic rings. The summed E-state index contributed by atoms with van der Waals surface area (Å²) in [5, 5.41) is 12.0. The summed E-state index contributed by atoms with van der Waals surface area (Å²) in [6.07, 6.45) is -2.97. The molecule has 1 amide bonds. The molecule has 1 N–H and O–H groups in total. The molecule has 0 atom stereocenters. The molecule has 3 aromatic rings. The summed E-state index contributed by atoms with van der Waals surface area (Å²) < 4.78 is 46.6. The number of aromatic nitrogens is 3. The number of ether oxygens (including phenoxy) is 1. The van der Waals surface area contributed by atoms with Gasteiger partial charge in [0.2, 0.25) is 5.88 Å². The summed E-state index contributed by atoms with van der Waals surface area (Å²) in [6, 6.07) is 4.06. The van der Waals surface area contributed by atoms with E-state index < -0.39 is 23.3 Å². The number of rotatable bonds is 2. The molecule has 27 heavy (non-hydrogen) atoms. The molecular weight excluding hydrogens is 412 g/mol. The average Bonchev–Trinajstić information content (AvgIpc) is 2.97. The Morgan fingerprint density at radius 2 is 1.89 bits per heavy atom. The SMILES string of the molecule is COc1cccc2c(C(=O)N=c3c(Cl)cn(O)cc3Cl)c(C(F)(F)F)nn12. The Morgan fingerprint density at radius 3 is 2.44 bits per heavy atom. The number of carbonyl (C=O) groups is 1. The molecule has 3 aromatic heterocycles. The van der Waals surface area contributed by atoms with Gasteiger partial charge in [0.1, 0.15) is 10.9 Å². The van der Waals surface area contributed by atoms with Crippen molar-refractivity contribution in [2.75, 3.05) is 7.11 Å². The minimum absolute atomic E-state index is 0.00542. The Balaban J connectivity index is 2.31. The number of fused-ring (bicyclic) bond motifs is 1. The first-order valence-corrected chi connectivity index (χ1v) is 7.87. The van der Waals surface area contributed by atoms with Crippen molar-refractivity contribution in [2.24, 2.45) is 4.99 Å². The Labute approximate surface area is 158 Å². The minimum atomic E-state index is -4.92. The maximum Gasteiger partial charge on any atom is 0.436 e. The molecule has 0 bridgehead atoms. The van der Waals surface area contributed by atoms with Crippen LogP contribution in [-0.2, 0) is 6.18 Å².